The lowest BCUT2D eigenvalue weighted by Crippen LogP contribution is -2.13. The van der Waals surface area contributed by atoms with E-state index in [1.54, 1.807) is 25.3 Å². The fraction of sp³-hybridized carbons (Fsp3) is 0.238. The Hall–Kier alpha value is -2.57. The highest BCUT2D eigenvalue weighted by atomic mass is 35.5. The maximum absolute atomic E-state index is 12.7. The summed E-state index contributed by atoms with van der Waals surface area (Å²) in [6, 6.07) is 9.15. The maximum Gasteiger partial charge on any atom is 0.261 e. The number of anilines is 1. The topological polar surface area (TPSA) is 60.5 Å². The molecule has 3 aromatic rings. The van der Waals surface area contributed by atoms with Crippen LogP contribution in [0, 0.1) is 6.92 Å². The predicted octanol–water partition coefficient (Wildman–Crippen LogP) is 5.14. The minimum absolute atomic E-state index is 0.295. The predicted molar refractivity (Wildman–Crippen MR) is 112 cm³/mol. The summed E-state index contributed by atoms with van der Waals surface area (Å²) < 4.78 is 10.7. The zero-order chi connectivity index (χ0) is 19.8. The van der Waals surface area contributed by atoms with E-state index >= 15 is 0 Å². The van der Waals surface area contributed by atoms with E-state index in [0.29, 0.717) is 21.5 Å². The Morgan fingerprint density at radius 1 is 1.14 bits per heavy atom. The molecule has 0 aliphatic heterocycles. The smallest absolute Gasteiger partial charge is 0.261 e. The second kappa shape index (κ2) is 7.45. The van der Waals surface area contributed by atoms with Crippen LogP contribution in [0.1, 0.15) is 26.4 Å². The first-order valence-electron chi connectivity index (χ1n) is 8.82. The number of rotatable bonds is 4. The van der Waals surface area contributed by atoms with Gasteiger partial charge in [0.1, 0.15) is 11.5 Å². The molecule has 144 valence electrons. The van der Waals surface area contributed by atoms with Crippen molar-refractivity contribution >= 4 is 34.0 Å². The van der Waals surface area contributed by atoms with E-state index in [1.165, 1.54) is 28.9 Å². The number of carbonyl (C=O) groups excluding carboxylic acids is 1. The molecule has 0 bridgehead atoms. The van der Waals surface area contributed by atoms with E-state index in [-0.39, 0.29) is 5.91 Å². The average Bonchev–Trinajstić information content (AvgIpc) is 3.10. The van der Waals surface area contributed by atoms with Crippen molar-refractivity contribution < 1.29 is 14.3 Å². The van der Waals surface area contributed by atoms with Crippen molar-refractivity contribution in [3.8, 4) is 22.8 Å². The van der Waals surface area contributed by atoms with Crippen LogP contribution < -0.4 is 14.8 Å². The highest BCUT2D eigenvalue weighted by molar-refractivity contribution is 7.16. The van der Waals surface area contributed by atoms with Gasteiger partial charge < -0.3 is 9.47 Å². The highest BCUT2D eigenvalue weighted by Gasteiger charge is 2.23. The van der Waals surface area contributed by atoms with Gasteiger partial charge in [0.25, 0.3) is 5.91 Å². The number of halogens is 1. The van der Waals surface area contributed by atoms with Crippen LogP contribution in [-0.2, 0) is 12.8 Å². The van der Waals surface area contributed by atoms with Crippen LogP contribution in [0.3, 0.4) is 0 Å². The average molecular weight is 415 g/mol. The number of aromatic nitrogens is 1. The quantitative estimate of drug-likeness (QED) is 0.642. The van der Waals surface area contributed by atoms with E-state index in [1.807, 2.05) is 6.92 Å². The Morgan fingerprint density at radius 2 is 1.93 bits per heavy atom. The van der Waals surface area contributed by atoms with Gasteiger partial charge in [0.15, 0.2) is 5.13 Å². The lowest BCUT2D eigenvalue weighted by Gasteiger charge is -2.17. The summed E-state index contributed by atoms with van der Waals surface area (Å²) in [5.74, 6) is 1.06. The molecule has 0 fully saturated rings. The number of benzene rings is 2. The minimum atomic E-state index is -0.295. The summed E-state index contributed by atoms with van der Waals surface area (Å²) in [5, 5.41) is 3.93. The lowest BCUT2D eigenvalue weighted by molar-refractivity contribution is 0.102. The third-order valence-corrected chi connectivity index (χ3v) is 6.09. The molecule has 1 amide bonds. The van der Waals surface area contributed by atoms with Crippen LogP contribution in [0.4, 0.5) is 5.13 Å². The van der Waals surface area contributed by atoms with E-state index in [4.69, 9.17) is 26.1 Å². The van der Waals surface area contributed by atoms with Crippen molar-refractivity contribution in [2.45, 2.75) is 19.8 Å². The second-order valence-corrected chi connectivity index (χ2v) is 8.09. The monoisotopic (exact) mass is 414 g/mol. The number of methoxy groups -OCH3 is 2. The van der Waals surface area contributed by atoms with Gasteiger partial charge in [-0.05, 0) is 61.2 Å². The van der Waals surface area contributed by atoms with Gasteiger partial charge in [-0.25, -0.2) is 4.98 Å². The molecule has 7 heteroatoms. The Morgan fingerprint density at radius 3 is 2.68 bits per heavy atom. The number of ether oxygens (including phenoxy) is 2. The Kier molecular flexibility index (Phi) is 5.00. The Balaban J connectivity index is 1.66. The molecule has 1 aliphatic carbocycles. The molecule has 28 heavy (non-hydrogen) atoms. The normalized spacial score (nSPS) is 12.1. The van der Waals surface area contributed by atoms with Gasteiger partial charge in [-0.3, -0.25) is 10.1 Å². The van der Waals surface area contributed by atoms with Crippen molar-refractivity contribution in [1.29, 1.82) is 0 Å². The fourth-order valence-electron chi connectivity index (χ4n) is 3.43. The molecular formula is C21H19ClN2O3S. The number of fused-ring (bicyclic) bond motifs is 3. The summed E-state index contributed by atoms with van der Waals surface area (Å²) in [4.78, 5) is 18.6. The lowest BCUT2D eigenvalue weighted by atomic mass is 9.91. The molecular weight excluding hydrogens is 396 g/mol. The summed E-state index contributed by atoms with van der Waals surface area (Å²) in [6.45, 7) is 2.02. The van der Waals surface area contributed by atoms with Crippen LogP contribution in [0.15, 0.2) is 30.3 Å². The standard InChI is InChI=1S/C21H19ClN2O3S/c1-11-8-14-12(9-17(11)27-3)4-7-18-19(14)23-21(28-18)24-20(25)15-10-13(22)5-6-16(15)26-2/h5-6,8-10H,4,7H2,1-3H3,(H,23,24,25). The fourth-order valence-corrected chi connectivity index (χ4v) is 4.58. The molecule has 0 radical (unpaired) electrons. The van der Waals surface area contributed by atoms with Crippen molar-refractivity contribution in [1.82, 2.24) is 4.98 Å². The van der Waals surface area contributed by atoms with E-state index in [2.05, 4.69) is 17.4 Å². The van der Waals surface area contributed by atoms with E-state index in [9.17, 15) is 4.79 Å². The van der Waals surface area contributed by atoms with Crippen LogP contribution in [0.5, 0.6) is 11.5 Å². The van der Waals surface area contributed by atoms with Crippen LogP contribution in [0.25, 0.3) is 11.3 Å². The van der Waals surface area contributed by atoms with Gasteiger partial charge in [0, 0.05) is 15.5 Å². The molecule has 1 aliphatic rings. The van der Waals surface area contributed by atoms with Gasteiger partial charge in [0.2, 0.25) is 0 Å². The van der Waals surface area contributed by atoms with Crippen molar-refractivity contribution in [2.24, 2.45) is 0 Å². The molecule has 5 nitrogen and oxygen atoms in total. The molecule has 0 spiro atoms. The third kappa shape index (κ3) is 3.34. The van der Waals surface area contributed by atoms with Crippen LogP contribution in [-0.4, -0.2) is 25.1 Å². The zero-order valence-corrected chi connectivity index (χ0v) is 17.3. The van der Waals surface area contributed by atoms with Crippen molar-refractivity contribution in [3.63, 3.8) is 0 Å². The van der Waals surface area contributed by atoms with Gasteiger partial charge in [-0.1, -0.05) is 11.6 Å². The number of hydrogen-bond donors (Lipinski definition) is 1. The Bertz CT molecular complexity index is 1080. The summed E-state index contributed by atoms with van der Waals surface area (Å²) in [5.41, 5.74) is 4.71. The molecule has 0 unspecified atom stereocenters. The summed E-state index contributed by atoms with van der Waals surface area (Å²) >= 11 is 7.55. The number of aryl methyl sites for hydroxylation is 3. The molecule has 0 saturated heterocycles. The van der Waals surface area contributed by atoms with E-state index < -0.39 is 0 Å². The number of nitrogens with zero attached hydrogens (tertiary/aromatic N) is 1. The van der Waals surface area contributed by atoms with Gasteiger partial charge >= 0.3 is 0 Å². The first kappa shape index (κ1) is 18.8. The van der Waals surface area contributed by atoms with Gasteiger partial charge in [-0.2, -0.15) is 0 Å². The largest absolute Gasteiger partial charge is 0.496 e. The molecule has 1 heterocycles. The SMILES string of the molecule is COc1cc2c(cc1C)-c1nc(NC(=O)c3cc(Cl)ccc3OC)sc1CC2. The number of carbonyl (C=O) groups is 1. The molecule has 1 aromatic heterocycles. The number of thiazole rings is 1. The molecule has 2 aromatic carbocycles. The number of hydrogen-bond acceptors (Lipinski definition) is 5. The van der Waals surface area contributed by atoms with Crippen molar-refractivity contribution in [2.75, 3.05) is 19.5 Å². The Labute approximate surface area is 172 Å². The second-order valence-electron chi connectivity index (χ2n) is 6.57. The summed E-state index contributed by atoms with van der Waals surface area (Å²) in [7, 11) is 3.21. The zero-order valence-electron chi connectivity index (χ0n) is 15.8. The molecule has 1 N–H and O–H groups in total. The highest BCUT2D eigenvalue weighted by Crippen LogP contribution is 2.40. The van der Waals surface area contributed by atoms with Crippen LogP contribution >= 0.6 is 22.9 Å². The summed E-state index contributed by atoms with van der Waals surface area (Å²) in [6.07, 6.45) is 1.82. The molecule has 4 rings (SSSR count). The first-order chi connectivity index (χ1) is 13.5. The number of nitrogens with one attached hydrogen (secondary N) is 1. The molecule has 0 atom stereocenters. The third-order valence-electron chi connectivity index (χ3n) is 4.82. The minimum Gasteiger partial charge on any atom is -0.496 e. The first-order valence-corrected chi connectivity index (χ1v) is 10.0. The van der Waals surface area contributed by atoms with Crippen molar-refractivity contribution in [3.05, 3.63) is 56.9 Å². The van der Waals surface area contributed by atoms with Gasteiger partial charge in [0.05, 0.1) is 25.5 Å². The van der Waals surface area contributed by atoms with Crippen LogP contribution in [0.2, 0.25) is 5.02 Å². The molecule has 0 saturated carbocycles. The van der Waals surface area contributed by atoms with E-state index in [0.717, 1.165) is 35.4 Å². The number of amides is 1. The maximum atomic E-state index is 12.7. The van der Waals surface area contributed by atoms with Gasteiger partial charge in [-0.15, -0.1) is 11.3 Å².